The highest BCUT2D eigenvalue weighted by Crippen LogP contribution is 2.29. The largest absolute Gasteiger partial charge is 0.342 e. The third kappa shape index (κ3) is 3.30. The molecule has 1 aromatic rings. The molecule has 1 saturated heterocycles. The van der Waals surface area contributed by atoms with Crippen molar-refractivity contribution in [3.8, 4) is 0 Å². The van der Waals surface area contributed by atoms with E-state index < -0.39 is 0 Å². The highest BCUT2D eigenvalue weighted by molar-refractivity contribution is 5.99. The molecular formula is C17H25N3O2. The molecule has 0 bridgehead atoms. The molecule has 1 heterocycles. The Balaban J connectivity index is 2.16. The van der Waals surface area contributed by atoms with Crippen molar-refractivity contribution in [3.05, 3.63) is 35.4 Å². The topological polar surface area (TPSA) is 66.6 Å². The summed E-state index contributed by atoms with van der Waals surface area (Å²) >= 11 is 0. The van der Waals surface area contributed by atoms with Gasteiger partial charge in [0.25, 0.3) is 11.8 Å². The van der Waals surface area contributed by atoms with Gasteiger partial charge in [-0.1, -0.05) is 13.0 Å². The van der Waals surface area contributed by atoms with Gasteiger partial charge in [0.15, 0.2) is 0 Å². The molecule has 0 spiro atoms. The molecule has 5 nitrogen and oxygen atoms in total. The Morgan fingerprint density at radius 2 is 2.05 bits per heavy atom. The molecule has 1 aromatic carbocycles. The van der Waals surface area contributed by atoms with Crippen molar-refractivity contribution >= 4 is 11.8 Å². The maximum Gasteiger partial charge on any atom is 0.253 e. The number of nitrogens with zero attached hydrogens (tertiary/aromatic N) is 2. The maximum atomic E-state index is 12.6. The van der Waals surface area contributed by atoms with E-state index in [1.165, 1.54) is 0 Å². The first-order valence-corrected chi connectivity index (χ1v) is 7.75. The molecule has 1 aliphatic rings. The van der Waals surface area contributed by atoms with Crippen LogP contribution in [-0.2, 0) is 0 Å². The number of carbonyl (C=O) groups excluding carboxylic acids is 2. The predicted molar refractivity (Wildman–Crippen MR) is 86.8 cm³/mol. The number of hydrogen-bond acceptors (Lipinski definition) is 3. The molecule has 1 aliphatic heterocycles. The Morgan fingerprint density at radius 1 is 1.36 bits per heavy atom. The van der Waals surface area contributed by atoms with E-state index in [-0.39, 0.29) is 17.2 Å². The van der Waals surface area contributed by atoms with Crippen molar-refractivity contribution in [2.24, 2.45) is 11.1 Å². The fraction of sp³-hybridized carbons (Fsp3) is 0.529. The van der Waals surface area contributed by atoms with Gasteiger partial charge in [-0.2, -0.15) is 0 Å². The highest BCUT2D eigenvalue weighted by atomic mass is 16.2. The summed E-state index contributed by atoms with van der Waals surface area (Å²) in [5.74, 6) is -0.0867. The zero-order valence-electron chi connectivity index (χ0n) is 13.6. The second-order valence-electron chi connectivity index (χ2n) is 6.39. The van der Waals surface area contributed by atoms with Crippen LogP contribution in [-0.4, -0.2) is 54.8 Å². The van der Waals surface area contributed by atoms with Gasteiger partial charge >= 0.3 is 0 Å². The van der Waals surface area contributed by atoms with E-state index in [2.05, 4.69) is 6.92 Å². The third-order valence-electron chi connectivity index (χ3n) is 4.52. The maximum absolute atomic E-state index is 12.6. The van der Waals surface area contributed by atoms with Crippen molar-refractivity contribution in [1.82, 2.24) is 9.80 Å². The van der Waals surface area contributed by atoms with Gasteiger partial charge in [-0.05, 0) is 43.5 Å². The second-order valence-corrected chi connectivity index (χ2v) is 6.39. The summed E-state index contributed by atoms with van der Waals surface area (Å²) in [7, 11) is 1.75. The van der Waals surface area contributed by atoms with Crippen LogP contribution in [0.3, 0.4) is 0 Å². The number of nitrogens with two attached hydrogens (primary N) is 1. The van der Waals surface area contributed by atoms with Gasteiger partial charge in [0.2, 0.25) is 0 Å². The number of hydrogen-bond donors (Lipinski definition) is 1. The zero-order valence-corrected chi connectivity index (χ0v) is 13.6. The average Bonchev–Trinajstić information content (AvgIpc) is 2.96. The number of likely N-dealkylation sites (tertiary alicyclic amines) is 1. The predicted octanol–water partition coefficient (Wildman–Crippen LogP) is 1.59. The van der Waals surface area contributed by atoms with Crippen molar-refractivity contribution in [2.45, 2.75) is 20.3 Å². The molecule has 0 saturated carbocycles. The van der Waals surface area contributed by atoms with Gasteiger partial charge in [-0.3, -0.25) is 9.59 Å². The van der Waals surface area contributed by atoms with Crippen LogP contribution in [0.5, 0.6) is 0 Å². The van der Waals surface area contributed by atoms with Gasteiger partial charge in [0, 0.05) is 37.8 Å². The van der Waals surface area contributed by atoms with Gasteiger partial charge in [-0.15, -0.1) is 0 Å². The molecule has 2 N–H and O–H groups in total. The van der Waals surface area contributed by atoms with Gasteiger partial charge in [-0.25, -0.2) is 0 Å². The average molecular weight is 303 g/mol. The van der Waals surface area contributed by atoms with E-state index in [4.69, 9.17) is 5.73 Å². The van der Waals surface area contributed by atoms with Crippen molar-refractivity contribution in [3.63, 3.8) is 0 Å². The van der Waals surface area contributed by atoms with Crippen molar-refractivity contribution in [2.75, 3.05) is 33.2 Å². The van der Waals surface area contributed by atoms with E-state index in [1.54, 1.807) is 36.2 Å². The minimum Gasteiger partial charge on any atom is -0.342 e. The first-order valence-electron chi connectivity index (χ1n) is 7.75. The van der Waals surface area contributed by atoms with E-state index in [0.29, 0.717) is 30.8 Å². The van der Waals surface area contributed by atoms with Crippen molar-refractivity contribution < 1.29 is 9.59 Å². The van der Waals surface area contributed by atoms with Crippen LogP contribution in [0.1, 0.15) is 41.0 Å². The number of carbonyl (C=O) groups is 2. The van der Waals surface area contributed by atoms with Crippen LogP contribution in [0.25, 0.3) is 0 Å². The first kappa shape index (κ1) is 16.5. The van der Waals surface area contributed by atoms with Gasteiger partial charge in [0.05, 0.1) is 0 Å². The molecular weight excluding hydrogens is 278 g/mol. The van der Waals surface area contributed by atoms with E-state index in [9.17, 15) is 9.59 Å². The fourth-order valence-electron chi connectivity index (χ4n) is 2.70. The molecule has 0 aromatic heterocycles. The Bertz CT molecular complexity index is 573. The van der Waals surface area contributed by atoms with Crippen LogP contribution >= 0.6 is 0 Å². The standard InChI is InChI=1S/C17H25N3O2/c1-4-19(3)15(21)13-6-5-7-14(10-13)16(22)20-9-8-17(2,11-18)12-20/h5-7,10H,4,8-9,11-12,18H2,1-3H3. The minimum absolute atomic E-state index is 0.00547. The second kappa shape index (κ2) is 6.48. The number of benzene rings is 1. The van der Waals surface area contributed by atoms with E-state index in [1.807, 2.05) is 11.8 Å². The lowest BCUT2D eigenvalue weighted by Crippen LogP contribution is -2.34. The summed E-state index contributed by atoms with van der Waals surface area (Å²) < 4.78 is 0. The van der Waals surface area contributed by atoms with Crippen LogP contribution in [0, 0.1) is 5.41 Å². The molecule has 1 atom stereocenters. The lowest BCUT2D eigenvalue weighted by atomic mass is 9.90. The fourth-order valence-corrected chi connectivity index (χ4v) is 2.70. The van der Waals surface area contributed by atoms with Crippen LogP contribution in [0.4, 0.5) is 0 Å². The summed E-state index contributed by atoms with van der Waals surface area (Å²) in [6.07, 6.45) is 0.923. The number of amides is 2. The molecule has 120 valence electrons. The summed E-state index contributed by atoms with van der Waals surface area (Å²) in [5, 5.41) is 0. The molecule has 5 heteroatoms. The molecule has 1 fully saturated rings. The quantitative estimate of drug-likeness (QED) is 0.918. The molecule has 0 radical (unpaired) electrons. The Morgan fingerprint density at radius 3 is 2.64 bits per heavy atom. The van der Waals surface area contributed by atoms with Gasteiger partial charge < -0.3 is 15.5 Å². The smallest absolute Gasteiger partial charge is 0.253 e. The Labute approximate surface area is 132 Å². The first-order chi connectivity index (χ1) is 10.4. The summed E-state index contributed by atoms with van der Waals surface area (Å²) in [6.45, 7) is 6.64. The molecule has 22 heavy (non-hydrogen) atoms. The molecule has 0 aliphatic carbocycles. The summed E-state index contributed by atoms with van der Waals surface area (Å²) in [6, 6.07) is 6.97. The van der Waals surface area contributed by atoms with E-state index in [0.717, 1.165) is 13.0 Å². The van der Waals surface area contributed by atoms with E-state index >= 15 is 0 Å². The SMILES string of the molecule is CCN(C)C(=O)c1cccc(C(=O)N2CCC(C)(CN)C2)c1. The lowest BCUT2D eigenvalue weighted by Gasteiger charge is -2.22. The summed E-state index contributed by atoms with van der Waals surface area (Å²) in [4.78, 5) is 28.3. The Kier molecular flexibility index (Phi) is 4.86. The van der Waals surface area contributed by atoms with Crippen molar-refractivity contribution in [1.29, 1.82) is 0 Å². The monoisotopic (exact) mass is 303 g/mol. The molecule has 2 amide bonds. The van der Waals surface area contributed by atoms with Crippen LogP contribution in [0.15, 0.2) is 24.3 Å². The normalized spacial score (nSPS) is 21.0. The minimum atomic E-state index is -0.0645. The summed E-state index contributed by atoms with van der Waals surface area (Å²) in [5.41, 5.74) is 6.92. The number of rotatable bonds is 4. The zero-order chi connectivity index (χ0) is 16.3. The highest BCUT2D eigenvalue weighted by Gasteiger charge is 2.35. The van der Waals surface area contributed by atoms with Crippen LogP contribution < -0.4 is 5.73 Å². The lowest BCUT2D eigenvalue weighted by molar-refractivity contribution is 0.0777. The van der Waals surface area contributed by atoms with Gasteiger partial charge in [0.1, 0.15) is 0 Å². The van der Waals surface area contributed by atoms with Crippen LogP contribution in [0.2, 0.25) is 0 Å². The third-order valence-corrected chi connectivity index (χ3v) is 4.52. The molecule has 2 rings (SSSR count). The Hall–Kier alpha value is -1.88. The molecule has 1 unspecified atom stereocenters.